The number of rotatable bonds is 4. The van der Waals surface area contributed by atoms with Gasteiger partial charge in [0.2, 0.25) is 0 Å². The quantitative estimate of drug-likeness (QED) is 0.893. The number of hydrogen-bond acceptors (Lipinski definition) is 4. The molecule has 4 aliphatic rings. The van der Waals surface area contributed by atoms with E-state index in [2.05, 4.69) is 9.80 Å². The summed E-state index contributed by atoms with van der Waals surface area (Å²) < 4.78 is 34.2. The van der Waals surface area contributed by atoms with Crippen LogP contribution in [0.4, 0.5) is 8.78 Å². The number of hydrogen-bond donors (Lipinski definition) is 1. The number of halogens is 2. The maximum atomic E-state index is 14.6. The number of piperidine rings is 3. The van der Waals surface area contributed by atoms with Gasteiger partial charge < -0.3 is 9.52 Å². The molecule has 27 heavy (non-hydrogen) atoms. The van der Waals surface area contributed by atoms with Gasteiger partial charge in [-0.25, -0.2) is 8.78 Å². The van der Waals surface area contributed by atoms with Crippen LogP contribution in [0.5, 0.6) is 0 Å². The van der Waals surface area contributed by atoms with E-state index < -0.39 is 11.6 Å². The average molecular weight is 374 g/mol. The SMILES string of the molecule is OCc1ccc(CN2C[C@H](c3cccc(F)c3F)[C@H]3[C@@H]2C2CCN3CC2)o1. The molecule has 144 valence electrons. The maximum Gasteiger partial charge on any atom is 0.162 e. The Kier molecular flexibility index (Phi) is 4.30. The predicted octanol–water partition coefficient (Wildman–Crippen LogP) is 3.11. The third kappa shape index (κ3) is 2.82. The Bertz CT molecular complexity index is 831. The van der Waals surface area contributed by atoms with E-state index in [9.17, 15) is 13.9 Å². The second kappa shape index (κ2) is 6.69. The molecule has 2 aromatic rings. The Labute approximate surface area is 157 Å². The number of benzene rings is 1. The lowest BCUT2D eigenvalue weighted by Crippen LogP contribution is -2.60. The second-order valence-corrected chi connectivity index (χ2v) is 8.06. The number of furan rings is 1. The van der Waals surface area contributed by atoms with E-state index >= 15 is 0 Å². The molecule has 1 aromatic carbocycles. The molecule has 0 spiro atoms. The van der Waals surface area contributed by atoms with Crippen molar-refractivity contribution >= 4 is 0 Å². The first-order valence-electron chi connectivity index (χ1n) is 9.76. The van der Waals surface area contributed by atoms with Gasteiger partial charge in [-0.3, -0.25) is 9.80 Å². The summed E-state index contributed by atoms with van der Waals surface area (Å²) in [5.41, 5.74) is 0.496. The molecule has 1 aromatic heterocycles. The van der Waals surface area contributed by atoms with Crippen LogP contribution in [0.2, 0.25) is 0 Å². The summed E-state index contributed by atoms with van der Waals surface area (Å²) in [5, 5.41) is 9.24. The minimum atomic E-state index is -0.767. The first-order chi connectivity index (χ1) is 13.2. The molecule has 0 saturated carbocycles. The molecule has 5 heterocycles. The molecule has 3 atom stereocenters. The van der Waals surface area contributed by atoms with Crippen LogP contribution >= 0.6 is 0 Å². The fraction of sp³-hybridized carbons (Fsp3) is 0.524. The van der Waals surface area contributed by atoms with Gasteiger partial charge in [-0.1, -0.05) is 12.1 Å². The van der Waals surface area contributed by atoms with Crippen LogP contribution in [-0.4, -0.2) is 46.6 Å². The molecule has 4 fully saturated rings. The highest BCUT2D eigenvalue weighted by molar-refractivity contribution is 5.29. The Morgan fingerprint density at radius 2 is 1.81 bits per heavy atom. The van der Waals surface area contributed by atoms with Crippen molar-refractivity contribution in [3.05, 3.63) is 59.1 Å². The van der Waals surface area contributed by atoms with Gasteiger partial charge in [-0.05, 0) is 55.6 Å². The summed E-state index contributed by atoms with van der Waals surface area (Å²) in [4.78, 5) is 4.86. The molecule has 0 aliphatic carbocycles. The minimum Gasteiger partial charge on any atom is -0.462 e. The number of aliphatic hydroxyl groups excluding tert-OH is 1. The van der Waals surface area contributed by atoms with Gasteiger partial charge in [0, 0.05) is 24.5 Å². The van der Waals surface area contributed by atoms with Crippen LogP contribution in [0.15, 0.2) is 34.7 Å². The zero-order valence-electron chi connectivity index (χ0n) is 15.2. The van der Waals surface area contributed by atoms with E-state index in [0.29, 0.717) is 36.4 Å². The van der Waals surface area contributed by atoms with Gasteiger partial charge in [0.1, 0.15) is 18.1 Å². The van der Waals surface area contributed by atoms with Crippen molar-refractivity contribution in [2.24, 2.45) is 5.92 Å². The van der Waals surface area contributed by atoms with Crippen molar-refractivity contribution < 1.29 is 18.3 Å². The highest BCUT2D eigenvalue weighted by atomic mass is 19.2. The Hall–Kier alpha value is -1.76. The average Bonchev–Trinajstić information content (AvgIpc) is 3.31. The predicted molar refractivity (Wildman–Crippen MR) is 96.0 cm³/mol. The van der Waals surface area contributed by atoms with Gasteiger partial charge in [0.05, 0.1) is 6.54 Å². The minimum absolute atomic E-state index is 0.0407. The molecule has 6 rings (SSSR count). The van der Waals surface area contributed by atoms with Gasteiger partial charge in [-0.2, -0.15) is 0 Å². The Morgan fingerprint density at radius 3 is 2.56 bits per heavy atom. The van der Waals surface area contributed by atoms with Crippen LogP contribution in [0, 0.1) is 17.6 Å². The van der Waals surface area contributed by atoms with Gasteiger partial charge in [0.25, 0.3) is 0 Å². The van der Waals surface area contributed by atoms with E-state index in [-0.39, 0.29) is 18.6 Å². The largest absolute Gasteiger partial charge is 0.462 e. The summed E-state index contributed by atoms with van der Waals surface area (Å²) in [7, 11) is 0. The van der Waals surface area contributed by atoms with Crippen LogP contribution in [0.1, 0.15) is 35.8 Å². The topological polar surface area (TPSA) is 39.9 Å². The number of likely N-dealkylation sites (tertiary alicyclic amines) is 1. The summed E-state index contributed by atoms with van der Waals surface area (Å²) in [6.07, 6.45) is 2.33. The molecule has 1 N–H and O–H groups in total. The molecule has 0 unspecified atom stereocenters. The van der Waals surface area contributed by atoms with Crippen molar-refractivity contribution in [2.45, 2.75) is 44.0 Å². The highest BCUT2D eigenvalue weighted by Gasteiger charge is 2.53. The zero-order valence-corrected chi connectivity index (χ0v) is 15.2. The summed E-state index contributed by atoms with van der Waals surface area (Å²) in [5.74, 6) is 0.454. The third-order valence-corrected chi connectivity index (χ3v) is 6.71. The van der Waals surface area contributed by atoms with E-state index in [1.165, 1.54) is 6.07 Å². The molecule has 0 radical (unpaired) electrons. The summed E-state index contributed by atoms with van der Waals surface area (Å²) in [6, 6.07) is 8.80. The number of nitrogens with zero attached hydrogens (tertiary/aromatic N) is 2. The Balaban J connectivity index is 1.49. The van der Waals surface area contributed by atoms with Crippen LogP contribution < -0.4 is 0 Å². The van der Waals surface area contributed by atoms with Crippen LogP contribution in [-0.2, 0) is 13.2 Å². The fourth-order valence-corrected chi connectivity index (χ4v) is 5.59. The van der Waals surface area contributed by atoms with Gasteiger partial charge >= 0.3 is 0 Å². The zero-order chi connectivity index (χ0) is 18.5. The number of fused-ring (bicyclic) bond motifs is 2. The van der Waals surface area contributed by atoms with E-state index in [1.807, 2.05) is 6.07 Å². The number of aliphatic hydroxyl groups is 1. The van der Waals surface area contributed by atoms with Crippen molar-refractivity contribution in [2.75, 3.05) is 19.6 Å². The molecule has 4 nitrogen and oxygen atoms in total. The Morgan fingerprint density at radius 1 is 1.04 bits per heavy atom. The van der Waals surface area contributed by atoms with Crippen molar-refractivity contribution in [3.63, 3.8) is 0 Å². The van der Waals surface area contributed by atoms with Crippen molar-refractivity contribution in [3.8, 4) is 0 Å². The molecule has 4 aliphatic heterocycles. The van der Waals surface area contributed by atoms with Crippen molar-refractivity contribution in [1.29, 1.82) is 0 Å². The highest BCUT2D eigenvalue weighted by Crippen LogP contribution is 2.47. The summed E-state index contributed by atoms with van der Waals surface area (Å²) in [6.45, 7) is 3.31. The first kappa shape index (κ1) is 17.3. The summed E-state index contributed by atoms with van der Waals surface area (Å²) >= 11 is 0. The first-order valence-corrected chi connectivity index (χ1v) is 9.76. The molecular weight excluding hydrogens is 350 g/mol. The van der Waals surface area contributed by atoms with E-state index in [0.717, 1.165) is 31.7 Å². The monoisotopic (exact) mass is 374 g/mol. The standard InChI is InChI=1S/C21H24F2N2O2/c22-18-3-1-2-16(19(18)23)17-11-25(10-14-4-5-15(12-26)27-14)20-13-6-8-24(9-7-13)21(17)20/h1-5,13,17,20-21,26H,6-12H2/t17-,20+,21+/m1/s1. The second-order valence-electron chi connectivity index (χ2n) is 8.06. The molecule has 0 amide bonds. The van der Waals surface area contributed by atoms with Crippen molar-refractivity contribution in [1.82, 2.24) is 9.80 Å². The smallest absolute Gasteiger partial charge is 0.162 e. The third-order valence-electron chi connectivity index (χ3n) is 6.71. The van der Waals surface area contributed by atoms with Crippen LogP contribution in [0.25, 0.3) is 0 Å². The molecule has 4 saturated heterocycles. The van der Waals surface area contributed by atoms with E-state index in [1.54, 1.807) is 18.2 Å². The normalized spacial score (nSPS) is 32.8. The van der Waals surface area contributed by atoms with Gasteiger partial charge in [0.15, 0.2) is 11.6 Å². The molecule has 2 bridgehead atoms. The maximum absolute atomic E-state index is 14.6. The lowest BCUT2D eigenvalue weighted by Gasteiger charge is -2.51. The van der Waals surface area contributed by atoms with E-state index in [4.69, 9.17) is 4.42 Å². The molecular formula is C21H24F2N2O2. The lowest BCUT2D eigenvalue weighted by molar-refractivity contribution is -0.0105. The van der Waals surface area contributed by atoms with Crippen LogP contribution in [0.3, 0.4) is 0 Å². The fourth-order valence-electron chi connectivity index (χ4n) is 5.59. The van der Waals surface area contributed by atoms with Gasteiger partial charge in [-0.15, -0.1) is 0 Å². The molecule has 6 heteroatoms. The lowest BCUT2D eigenvalue weighted by atomic mass is 9.75.